The molecule has 0 spiro atoms. The lowest BCUT2D eigenvalue weighted by Gasteiger charge is -2.34. The first-order valence-corrected chi connectivity index (χ1v) is 11.2. The Bertz CT molecular complexity index is 1050. The number of ether oxygens (including phenoxy) is 2. The van der Waals surface area contributed by atoms with E-state index >= 15 is 0 Å². The predicted octanol–water partition coefficient (Wildman–Crippen LogP) is 3.45. The molecule has 1 aliphatic heterocycles. The van der Waals surface area contributed by atoms with Crippen molar-refractivity contribution in [2.24, 2.45) is 0 Å². The van der Waals surface area contributed by atoms with Crippen molar-refractivity contribution in [3.8, 4) is 22.9 Å². The van der Waals surface area contributed by atoms with Gasteiger partial charge in [-0.25, -0.2) is 0 Å². The molecule has 1 aromatic heterocycles. The lowest BCUT2D eigenvalue weighted by atomic mass is 10.1. The van der Waals surface area contributed by atoms with Crippen LogP contribution in [-0.2, 0) is 6.42 Å². The number of benzene rings is 2. The summed E-state index contributed by atoms with van der Waals surface area (Å²) < 4.78 is 16.0. The van der Waals surface area contributed by atoms with Gasteiger partial charge in [-0.1, -0.05) is 35.0 Å². The molecule has 1 fully saturated rings. The molecule has 3 aromatic rings. The maximum atomic E-state index is 12.9. The smallest absolute Gasteiger partial charge is 0.254 e. The van der Waals surface area contributed by atoms with Crippen LogP contribution >= 0.6 is 0 Å². The normalized spacial score (nSPS) is 14.3. The molecule has 0 radical (unpaired) electrons. The molecule has 1 amide bonds. The fraction of sp³-hybridized carbons (Fsp3) is 0.400. The van der Waals surface area contributed by atoms with Crippen molar-refractivity contribution in [1.29, 1.82) is 0 Å². The number of piperazine rings is 1. The molecule has 174 valence electrons. The fourth-order valence-corrected chi connectivity index (χ4v) is 3.92. The number of hydrogen-bond acceptors (Lipinski definition) is 7. The van der Waals surface area contributed by atoms with Gasteiger partial charge in [0, 0.05) is 49.8 Å². The summed E-state index contributed by atoms with van der Waals surface area (Å²) in [5.74, 6) is 2.52. The number of carbonyl (C=O) groups is 1. The summed E-state index contributed by atoms with van der Waals surface area (Å²) in [5.41, 5.74) is 2.75. The second-order valence-electron chi connectivity index (χ2n) is 8.22. The topological polar surface area (TPSA) is 80.9 Å². The zero-order chi connectivity index (χ0) is 23.2. The quantitative estimate of drug-likeness (QED) is 0.520. The van der Waals surface area contributed by atoms with Gasteiger partial charge < -0.3 is 18.9 Å². The van der Waals surface area contributed by atoms with Crippen LogP contribution in [0, 0.1) is 6.92 Å². The largest absolute Gasteiger partial charge is 0.497 e. The molecule has 0 saturated carbocycles. The van der Waals surface area contributed by atoms with E-state index in [1.165, 1.54) is 5.56 Å². The molecule has 8 nitrogen and oxygen atoms in total. The molecular formula is C25H30N4O4. The van der Waals surface area contributed by atoms with E-state index < -0.39 is 0 Å². The van der Waals surface area contributed by atoms with Crippen molar-refractivity contribution >= 4 is 5.91 Å². The van der Waals surface area contributed by atoms with Crippen molar-refractivity contribution in [3.05, 3.63) is 59.5 Å². The van der Waals surface area contributed by atoms with Gasteiger partial charge >= 0.3 is 0 Å². The number of rotatable bonds is 8. The van der Waals surface area contributed by atoms with Crippen LogP contribution in [0.2, 0.25) is 0 Å². The van der Waals surface area contributed by atoms with Gasteiger partial charge in [0.2, 0.25) is 11.7 Å². The Morgan fingerprint density at radius 1 is 1.00 bits per heavy atom. The summed E-state index contributed by atoms with van der Waals surface area (Å²) in [6.07, 6.45) is 1.66. The van der Waals surface area contributed by atoms with E-state index in [0.717, 1.165) is 38.0 Å². The third-order valence-corrected chi connectivity index (χ3v) is 5.90. The molecule has 0 unspecified atom stereocenters. The number of nitrogens with zero attached hydrogens (tertiary/aromatic N) is 4. The number of methoxy groups -OCH3 is 2. The number of hydrogen-bond donors (Lipinski definition) is 0. The lowest BCUT2D eigenvalue weighted by Crippen LogP contribution is -2.48. The van der Waals surface area contributed by atoms with Crippen LogP contribution in [0.15, 0.2) is 47.0 Å². The molecule has 2 aromatic carbocycles. The first-order valence-electron chi connectivity index (χ1n) is 11.2. The Morgan fingerprint density at radius 2 is 1.67 bits per heavy atom. The first kappa shape index (κ1) is 22.8. The van der Waals surface area contributed by atoms with E-state index in [4.69, 9.17) is 14.0 Å². The summed E-state index contributed by atoms with van der Waals surface area (Å²) in [7, 11) is 3.17. The van der Waals surface area contributed by atoms with E-state index in [1.54, 1.807) is 32.4 Å². The minimum Gasteiger partial charge on any atom is -0.497 e. The molecule has 2 heterocycles. The molecule has 0 atom stereocenters. The van der Waals surface area contributed by atoms with Crippen LogP contribution in [0.5, 0.6) is 11.5 Å². The van der Waals surface area contributed by atoms with E-state index in [0.29, 0.717) is 41.9 Å². The van der Waals surface area contributed by atoms with Gasteiger partial charge in [0.25, 0.3) is 5.91 Å². The lowest BCUT2D eigenvalue weighted by molar-refractivity contribution is 0.0635. The molecule has 0 N–H and O–H groups in total. The molecule has 4 rings (SSSR count). The van der Waals surface area contributed by atoms with Gasteiger partial charge in [0.05, 0.1) is 14.2 Å². The Kier molecular flexibility index (Phi) is 7.24. The highest BCUT2D eigenvalue weighted by Gasteiger charge is 2.23. The Morgan fingerprint density at radius 3 is 2.30 bits per heavy atom. The van der Waals surface area contributed by atoms with Crippen LogP contribution < -0.4 is 9.47 Å². The Hall–Kier alpha value is -3.39. The standard InChI is InChI=1S/C25H30N4O4/c1-18-6-8-19(9-7-18)24-26-23(33-27-24)5-4-10-28-11-13-29(14-12-28)25(30)20-15-21(31-2)17-22(16-20)32-3/h6-9,15-17H,4-5,10-14H2,1-3H3. The molecule has 0 aliphatic carbocycles. The molecule has 1 saturated heterocycles. The van der Waals surface area contributed by atoms with Crippen molar-refractivity contribution in [3.63, 3.8) is 0 Å². The van der Waals surface area contributed by atoms with Crippen LogP contribution in [0.25, 0.3) is 11.4 Å². The van der Waals surface area contributed by atoms with Gasteiger partial charge in [-0.2, -0.15) is 4.98 Å². The summed E-state index contributed by atoms with van der Waals surface area (Å²) in [5, 5.41) is 4.10. The average Bonchev–Trinajstić information content (AvgIpc) is 3.33. The van der Waals surface area contributed by atoms with Crippen molar-refractivity contribution < 1.29 is 18.8 Å². The van der Waals surface area contributed by atoms with Crippen molar-refractivity contribution in [2.45, 2.75) is 19.8 Å². The first-order chi connectivity index (χ1) is 16.1. The second-order valence-corrected chi connectivity index (χ2v) is 8.22. The van der Waals surface area contributed by atoms with E-state index in [9.17, 15) is 4.79 Å². The third-order valence-electron chi connectivity index (χ3n) is 5.90. The minimum absolute atomic E-state index is 0.00125. The van der Waals surface area contributed by atoms with Gasteiger partial charge in [0.1, 0.15) is 11.5 Å². The zero-order valence-corrected chi connectivity index (χ0v) is 19.4. The third kappa shape index (κ3) is 5.70. The van der Waals surface area contributed by atoms with Crippen molar-refractivity contribution in [2.75, 3.05) is 46.9 Å². The SMILES string of the molecule is COc1cc(OC)cc(C(=O)N2CCN(CCCc3nc(-c4ccc(C)cc4)no3)CC2)c1. The van der Waals surface area contributed by atoms with Crippen LogP contribution in [-0.4, -0.2) is 72.8 Å². The maximum Gasteiger partial charge on any atom is 0.254 e. The number of carbonyl (C=O) groups excluding carboxylic acids is 1. The number of aromatic nitrogens is 2. The van der Waals surface area contributed by atoms with E-state index in [2.05, 4.69) is 22.0 Å². The molecule has 0 bridgehead atoms. The molecule has 1 aliphatic rings. The van der Waals surface area contributed by atoms with Gasteiger partial charge in [-0.15, -0.1) is 0 Å². The number of aryl methyl sites for hydroxylation is 2. The summed E-state index contributed by atoms with van der Waals surface area (Å²) in [4.78, 5) is 21.7. The van der Waals surface area contributed by atoms with Gasteiger partial charge in [0.15, 0.2) is 0 Å². The van der Waals surface area contributed by atoms with Crippen LogP contribution in [0.3, 0.4) is 0 Å². The summed E-state index contributed by atoms with van der Waals surface area (Å²) >= 11 is 0. The Balaban J connectivity index is 1.24. The monoisotopic (exact) mass is 450 g/mol. The maximum absolute atomic E-state index is 12.9. The predicted molar refractivity (Wildman–Crippen MR) is 125 cm³/mol. The molecule has 33 heavy (non-hydrogen) atoms. The molecule has 8 heteroatoms. The van der Waals surface area contributed by atoms with Gasteiger partial charge in [-0.05, 0) is 32.0 Å². The van der Waals surface area contributed by atoms with Gasteiger partial charge in [-0.3, -0.25) is 9.69 Å². The van der Waals surface area contributed by atoms with Crippen molar-refractivity contribution in [1.82, 2.24) is 19.9 Å². The highest BCUT2D eigenvalue weighted by atomic mass is 16.5. The van der Waals surface area contributed by atoms with E-state index in [1.807, 2.05) is 29.2 Å². The van der Waals surface area contributed by atoms with E-state index in [-0.39, 0.29) is 5.91 Å². The fourth-order valence-electron chi connectivity index (χ4n) is 3.92. The zero-order valence-electron chi connectivity index (χ0n) is 19.4. The molecular weight excluding hydrogens is 420 g/mol. The highest BCUT2D eigenvalue weighted by Crippen LogP contribution is 2.24. The van der Waals surface area contributed by atoms with Crippen LogP contribution in [0.4, 0.5) is 0 Å². The average molecular weight is 451 g/mol. The highest BCUT2D eigenvalue weighted by molar-refractivity contribution is 5.95. The Labute approximate surface area is 194 Å². The summed E-state index contributed by atoms with van der Waals surface area (Å²) in [6, 6.07) is 13.4. The summed E-state index contributed by atoms with van der Waals surface area (Å²) in [6.45, 7) is 6.04. The van der Waals surface area contributed by atoms with Crippen LogP contribution in [0.1, 0.15) is 28.2 Å². The number of amides is 1. The second kappa shape index (κ2) is 10.5. The minimum atomic E-state index is 0.00125.